The molecule has 0 bridgehead atoms. The molecule has 21 heavy (non-hydrogen) atoms. The molecule has 2 heterocycles. The highest BCUT2D eigenvalue weighted by Gasteiger charge is 2.39. The number of carboxylic acid groups (broad SMARTS) is 1. The summed E-state index contributed by atoms with van der Waals surface area (Å²) in [6, 6.07) is 4.61. The number of hydrogen-bond donors (Lipinski definition) is 3. The smallest absolute Gasteiger partial charge is 0.326 e. The number of likely N-dealkylation sites (tertiary alicyclic amines) is 1. The van der Waals surface area contributed by atoms with Crippen LogP contribution in [0.5, 0.6) is 0 Å². The van der Waals surface area contributed by atoms with Crippen molar-refractivity contribution >= 4 is 11.9 Å². The van der Waals surface area contributed by atoms with E-state index in [0.29, 0.717) is 5.56 Å². The highest BCUT2D eigenvalue weighted by molar-refractivity contribution is 5.98. The lowest BCUT2D eigenvalue weighted by Gasteiger charge is -2.25. The summed E-state index contributed by atoms with van der Waals surface area (Å²) in [5.74, 6) is -1.36. The van der Waals surface area contributed by atoms with Gasteiger partial charge in [-0.2, -0.15) is 0 Å². The second-order valence-corrected chi connectivity index (χ2v) is 5.57. The van der Waals surface area contributed by atoms with E-state index in [1.165, 1.54) is 4.90 Å². The van der Waals surface area contributed by atoms with Gasteiger partial charge in [-0.1, -0.05) is 12.1 Å². The predicted octanol–water partition coefficient (Wildman–Crippen LogP) is -0.00770. The quantitative estimate of drug-likeness (QED) is 0.713. The lowest BCUT2D eigenvalue weighted by Crippen LogP contribution is -2.41. The number of β-amino-alcohol motifs (C(OH)–C–C–N with tert-alkyl or cyclic N) is 1. The molecular weight excluding hydrogens is 272 g/mol. The van der Waals surface area contributed by atoms with Gasteiger partial charge in [0.05, 0.1) is 6.10 Å². The number of fused-ring (bicyclic) bond motifs is 1. The van der Waals surface area contributed by atoms with Crippen LogP contribution in [0.25, 0.3) is 0 Å². The SMILES string of the molecule is O=C(O)[C@@H]1CC(O)CN1C(=O)c1cccc2c1CCNC2. The van der Waals surface area contributed by atoms with Gasteiger partial charge in [-0.25, -0.2) is 4.79 Å². The van der Waals surface area contributed by atoms with Crippen molar-refractivity contribution in [2.75, 3.05) is 13.1 Å². The first-order valence-corrected chi connectivity index (χ1v) is 7.11. The van der Waals surface area contributed by atoms with Gasteiger partial charge in [-0.15, -0.1) is 0 Å². The van der Waals surface area contributed by atoms with Crippen LogP contribution in [0.1, 0.15) is 27.9 Å². The molecular formula is C15H18N2O4. The lowest BCUT2D eigenvalue weighted by atomic mass is 9.94. The molecule has 6 heteroatoms. The number of aliphatic hydroxyl groups is 1. The van der Waals surface area contributed by atoms with Gasteiger partial charge in [0.1, 0.15) is 6.04 Å². The molecule has 1 fully saturated rings. The van der Waals surface area contributed by atoms with Crippen molar-refractivity contribution in [1.82, 2.24) is 10.2 Å². The molecule has 1 aromatic carbocycles. The molecule has 1 amide bonds. The number of hydrogen-bond acceptors (Lipinski definition) is 4. The average molecular weight is 290 g/mol. The van der Waals surface area contributed by atoms with Gasteiger partial charge in [-0.3, -0.25) is 4.79 Å². The van der Waals surface area contributed by atoms with E-state index in [4.69, 9.17) is 0 Å². The Labute approximate surface area is 122 Å². The van der Waals surface area contributed by atoms with Gasteiger partial charge in [0, 0.05) is 25.1 Å². The largest absolute Gasteiger partial charge is 0.480 e. The maximum Gasteiger partial charge on any atom is 0.326 e. The number of nitrogens with one attached hydrogen (secondary N) is 1. The number of carbonyl (C=O) groups excluding carboxylic acids is 1. The van der Waals surface area contributed by atoms with Crippen LogP contribution in [0, 0.1) is 0 Å². The number of amides is 1. The Kier molecular flexibility index (Phi) is 3.65. The van der Waals surface area contributed by atoms with Crippen molar-refractivity contribution in [3.05, 3.63) is 34.9 Å². The van der Waals surface area contributed by atoms with Crippen molar-refractivity contribution in [1.29, 1.82) is 0 Å². The second kappa shape index (κ2) is 5.46. The summed E-state index contributed by atoms with van der Waals surface area (Å²) in [4.78, 5) is 25.3. The molecule has 1 saturated heterocycles. The molecule has 3 rings (SSSR count). The number of aliphatic carboxylic acids is 1. The van der Waals surface area contributed by atoms with Gasteiger partial charge in [-0.05, 0) is 30.2 Å². The Morgan fingerprint density at radius 2 is 2.14 bits per heavy atom. The molecule has 2 aliphatic rings. The first-order chi connectivity index (χ1) is 10.1. The Balaban J connectivity index is 1.93. The van der Waals surface area contributed by atoms with Crippen molar-refractivity contribution in [2.24, 2.45) is 0 Å². The third kappa shape index (κ3) is 2.52. The summed E-state index contributed by atoms with van der Waals surface area (Å²) in [6.07, 6.45) is 0.0829. The Hall–Kier alpha value is -1.92. The molecule has 112 valence electrons. The van der Waals surface area contributed by atoms with Gasteiger partial charge in [0.15, 0.2) is 0 Å². The van der Waals surface area contributed by atoms with Crippen LogP contribution in [0.3, 0.4) is 0 Å². The Morgan fingerprint density at radius 3 is 2.90 bits per heavy atom. The van der Waals surface area contributed by atoms with Crippen LogP contribution in [-0.2, 0) is 17.8 Å². The van der Waals surface area contributed by atoms with Crippen LogP contribution < -0.4 is 5.32 Å². The topological polar surface area (TPSA) is 89.9 Å². The minimum Gasteiger partial charge on any atom is -0.480 e. The fourth-order valence-electron chi connectivity index (χ4n) is 3.16. The maximum atomic E-state index is 12.7. The first-order valence-electron chi connectivity index (χ1n) is 7.11. The second-order valence-electron chi connectivity index (χ2n) is 5.57. The van der Waals surface area contributed by atoms with E-state index in [2.05, 4.69) is 5.32 Å². The number of rotatable bonds is 2. The number of benzene rings is 1. The third-order valence-electron chi connectivity index (χ3n) is 4.20. The third-order valence-corrected chi connectivity index (χ3v) is 4.20. The van der Waals surface area contributed by atoms with E-state index >= 15 is 0 Å². The Bertz CT molecular complexity index is 587. The fourth-order valence-corrected chi connectivity index (χ4v) is 3.16. The monoisotopic (exact) mass is 290 g/mol. The number of aliphatic hydroxyl groups excluding tert-OH is 1. The van der Waals surface area contributed by atoms with Crippen molar-refractivity contribution in [3.8, 4) is 0 Å². The summed E-state index contributed by atoms with van der Waals surface area (Å²) in [5, 5.41) is 22.2. The normalized spacial score (nSPS) is 24.7. The molecule has 2 atom stereocenters. The van der Waals surface area contributed by atoms with Crippen molar-refractivity contribution in [3.63, 3.8) is 0 Å². The molecule has 0 saturated carbocycles. The molecule has 0 aliphatic carbocycles. The fraction of sp³-hybridized carbons (Fsp3) is 0.467. The molecule has 1 unspecified atom stereocenters. The molecule has 3 N–H and O–H groups in total. The minimum atomic E-state index is -1.06. The van der Waals surface area contributed by atoms with Gasteiger partial charge >= 0.3 is 5.97 Å². The van der Waals surface area contributed by atoms with E-state index in [1.54, 1.807) is 6.07 Å². The molecule has 1 aromatic rings. The Morgan fingerprint density at radius 1 is 1.33 bits per heavy atom. The zero-order valence-corrected chi connectivity index (χ0v) is 11.6. The summed E-state index contributed by atoms with van der Waals surface area (Å²) in [7, 11) is 0. The standard InChI is InChI=1S/C15H18N2O4/c18-10-6-13(15(20)21)17(8-10)14(19)12-3-1-2-9-7-16-5-4-11(9)12/h1-3,10,13,16,18H,4-8H2,(H,20,21)/t10?,13-/m0/s1. The van der Waals surface area contributed by atoms with Crippen LogP contribution in [-0.4, -0.2) is 52.2 Å². The van der Waals surface area contributed by atoms with E-state index in [0.717, 1.165) is 30.6 Å². The molecule has 6 nitrogen and oxygen atoms in total. The van der Waals surface area contributed by atoms with Crippen LogP contribution in [0.2, 0.25) is 0 Å². The molecule has 2 aliphatic heterocycles. The van der Waals surface area contributed by atoms with E-state index in [1.807, 2.05) is 12.1 Å². The highest BCUT2D eigenvalue weighted by Crippen LogP contribution is 2.25. The highest BCUT2D eigenvalue weighted by atomic mass is 16.4. The van der Waals surface area contributed by atoms with Crippen LogP contribution in [0.15, 0.2) is 18.2 Å². The summed E-state index contributed by atoms with van der Waals surface area (Å²) in [6.45, 7) is 1.61. The molecule has 0 radical (unpaired) electrons. The minimum absolute atomic E-state index is 0.0811. The van der Waals surface area contributed by atoms with Gasteiger partial charge in [0.2, 0.25) is 0 Å². The van der Waals surface area contributed by atoms with E-state index in [9.17, 15) is 19.8 Å². The summed E-state index contributed by atoms with van der Waals surface area (Å²) >= 11 is 0. The molecule has 0 spiro atoms. The number of carboxylic acids is 1. The van der Waals surface area contributed by atoms with Gasteiger partial charge in [0.25, 0.3) is 5.91 Å². The average Bonchev–Trinajstić information content (AvgIpc) is 2.88. The van der Waals surface area contributed by atoms with E-state index < -0.39 is 18.1 Å². The van der Waals surface area contributed by atoms with Crippen LogP contribution >= 0.6 is 0 Å². The van der Waals surface area contributed by atoms with Crippen molar-refractivity contribution in [2.45, 2.75) is 31.5 Å². The zero-order valence-electron chi connectivity index (χ0n) is 11.6. The summed E-state index contributed by atoms with van der Waals surface area (Å²) < 4.78 is 0. The van der Waals surface area contributed by atoms with Crippen LogP contribution in [0.4, 0.5) is 0 Å². The zero-order chi connectivity index (χ0) is 15.0. The summed E-state index contributed by atoms with van der Waals surface area (Å²) in [5.41, 5.74) is 2.64. The van der Waals surface area contributed by atoms with Gasteiger partial charge < -0.3 is 20.4 Å². The predicted molar refractivity (Wildman–Crippen MR) is 74.9 cm³/mol. The first kappa shape index (κ1) is 14.0. The van der Waals surface area contributed by atoms with E-state index in [-0.39, 0.29) is 18.9 Å². The lowest BCUT2D eigenvalue weighted by molar-refractivity contribution is -0.141. The molecule has 0 aromatic heterocycles. The maximum absolute atomic E-state index is 12.7. The number of carbonyl (C=O) groups is 2. The van der Waals surface area contributed by atoms with Crippen molar-refractivity contribution < 1.29 is 19.8 Å². The number of nitrogens with zero attached hydrogens (tertiary/aromatic N) is 1.